The van der Waals surface area contributed by atoms with Gasteiger partial charge in [0.25, 0.3) is 5.91 Å². The van der Waals surface area contributed by atoms with Gasteiger partial charge in [-0.15, -0.1) is 0 Å². The van der Waals surface area contributed by atoms with Gasteiger partial charge in [0.05, 0.1) is 17.3 Å². The summed E-state index contributed by atoms with van der Waals surface area (Å²) < 4.78 is 7.64. The number of fused-ring (bicyclic) bond motifs is 1. The predicted molar refractivity (Wildman–Crippen MR) is 135 cm³/mol. The van der Waals surface area contributed by atoms with Gasteiger partial charge in [-0.25, -0.2) is 9.50 Å². The standard InChI is InChI=1S/C26H30N6O3/c1-16-9-21(25(33)31(5)6)28-23(10-16)29-24-13-19-12-18(7-8-32(19)30-24)20-11-17(2)27-14-22(20)35-15-26(3,4)34/h7-14,34H,15H2,1-6H3,(H,28,29,30). The number of carbonyl (C=O) groups is 1. The zero-order valence-corrected chi connectivity index (χ0v) is 20.8. The molecule has 4 aromatic heterocycles. The summed E-state index contributed by atoms with van der Waals surface area (Å²) in [7, 11) is 3.40. The van der Waals surface area contributed by atoms with Crippen LogP contribution < -0.4 is 10.1 Å². The molecule has 9 heteroatoms. The first kappa shape index (κ1) is 24.2. The van der Waals surface area contributed by atoms with E-state index in [9.17, 15) is 9.90 Å². The number of pyridine rings is 3. The number of nitrogens with zero attached hydrogens (tertiary/aromatic N) is 5. The lowest BCUT2D eigenvalue weighted by Gasteiger charge is -2.19. The first-order valence-electron chi connectivity index (χ1n) is 11.3. The second kappa shape index (κ2) is 9.34. The molecule has 0 spiro atoms. The van der Waals surface area contributed by atoms with Gasteiger partial charge in [-0.05, 0) is 69.2 Å². The number of aromatic nitrogens is 4. The molecule has 0 aliphatic heterocycles. The van der Waals surface area contributed by atoms with E-state index >= 15 is 0 Å². The van der Waals surface area contributed by atoms with Crippen LogP contribution in [-0.2, 0) is 0 Å². The van der Waals surface area contributed by atoms with Crippen LogP contribution in [0.4, 0.5) is 11.6 Å². The van der Waals surface area contributed by atoms with Crippen molar-refractivity contribution in [2.24, 2.45) is 0 Å². The Bertz CT molecular complexity index is 1390. The van der Waals surface area contributed by atoms with Crippen LogP contribution in [0, 0.1) is 13.8 Å². The van der Waals surface area contributed by atoms with Crippen LogP contribution in [0.3, 0.4) is 0 Å². The molecule has 0 saturated carbocycles. The maximum Gasteiger partial charge on any atom is 0.272 e. The molecule has 4 rings (SSSR count). The van der Waals surface area contributed by atoms with E-state index in [0.717, 1.165) is 27.9 Å². The smallest absolute Gasteiger partial charge is 0.272 e. The molecule has 0 aliphatic rings. The summed E-state index contributed by atoms with van der Waals surface area (Å²) in [4.78, 5) is 22.7. The molecule has 0 atom stereocenters. The number of amides is 1. The summed E-state index contributed by atoms with van der Waals surface area (Å²) in [6, 6.07) is 11.5. The fourth-order valence-corrected chi connectivity index (χ4v) is 3.57. The highest BCUT2D eigenvalue weighted by Crippen LogP contribution is 2.32. The highest BCUT2D eigenvalue weighted by molar-refractivity contribution is 5.92. The Labute approximate surface area is 204 Å². The molecule has 9 nitrogen and oxygen atoms in total. The van der Waals surface area contributed by atoms with Crippen molar-refractivity contribution in [3.8, 4) is 16.9 Å². The van der Waals surface area contributed by atoms with E-state index < -0.39 is 5.60 Å². The molecule has 4 aromatic rings. The number of rotatable bonds is 7. The van der Waals surface area contributed by atoms with Gasteiger partial charge in [0, 0.05) is 37.6 Å². The molecular weight excluding hydrogens is 444 g/mol. The molecule has 0 radical (unpaired) electrons. The molecule has 0 saturated heterocycles. The minimum absolute atomic E-state index is 0.148. The third kappa shape index (κ3) is 5.75. The third-order valence-electron chi connectivity index (χ3n) is 5.21. The van der Waals surface area contributed by atoms with Crippen LogP contribution in [0.5, 0.6) is 5.75 Å². The van der Waals surface area contributed by atoms with E-state index in [-0.39, 0.29) is 12.5 Å². The SMILES string of the molecule is Cc1cc(Nc2cc3cc(-c4cc(C)ncc4OCC(C)(C)O)ccn3n2)nc(C(=O)N(C)C)c1. The minimum Gasteiger partial charge on any atom is -0.488 e. The first-order valence-corrected chi connectivity index (χ1v) is 11.3. The topological polar surface area (TPSA) is 105 Å². The van der Waals surface area contributed by atoms with Crippen LogP contribution >= 0.6 is 0 Å². The van der Waals surface area contributed by atoms with Crippen molar-refractivity contribution in [3.05, 3.63) is 65.7 Å². The molecule has 0 fully saturated rings. The first-order chi connectivity index (χ1) is 16.5. The highest BCUT2D eigenvalue weighted by Gasteiger charge is 2.17. The monoisotopic (exact) mass is 474 g/mol. The summed E-state index contributed by atoms with van der Waals surface area (Å²) in [5.41, 5.74) is 3.88. The molecule has 0 aliphatic carbocycles. The van der Waals surface area contributed by atoms with E-state index in [4.69, 9.17) is 4.74 Å². The highest BCUT2D eigenvalue weighted by atomic mass is 16.5. The van der Waals surface area contributed by atoms with E-state index in [1.165, 1.54) is 4.90 Å². The average Bonchev–Trinajstić information content (AvgIpc) is 3.17. The Kier molecular flexibility index (Phi) is 6.45. The van der Waals surface area contributed by atoms with Gasteiger partial charge in [0.15, 0.2) is 5.82 Å². The van der Waals surface area contributed by atoms with Crippen LogP contribution in [0.1, 0.15) is 35.6 Å². The number of anilines is 2. The lowest BCUT2D eigenvalue weighted by atomic mass is 10.1. The van der Waals surface area contributed by atoms with Gasteiger partial charge in [-0.1, -0.05) is 0 Å². The number of nitrogens with one attached hydrogen (secondary N) is 1. The summed E-state index contributed by atoms with van der Waals surface area (Å²) in [5, 5.41) is 17.9. The van der Waals surface area contributed by atoms with Crippen molar-refractivity contribution in [2.75, 3.05) is 26.0 Å². The van der Waals surface area contributed by atoms with E-state index in [2.05, 4.69) is 20.4 Å². The molecule has 0 unspecified atom stereocenters. The molecule has 35 heavy (non-hydrogen) atoms. The fraction of sp³-hybridized carbons (Fsp3) is 0.308. The van der Waals surface area contributed by atoms with Crippen LogP contribution in [0.25, 0.3) is 16.6 Å². The van der Waals surface area contributed by atoms with Crippen molar-refractivity contribution in [1.82, 2.24) is 24.5 Å². The molecular formula is C26H30N6O3. The number of carbonyl (C=O) groups excluding carboxylic acids is 1. The van der Waals surface area contributed by atoms with Gasteiger partial charge in [-0.2, -0.15) is 5.10 Å². The van der Waals surface area contributed by atoms with Crippen molar-refractivity contribution in [2.45, 2.75) is 33.3 Å². The maximum atomic E-state index is 12.4. The Morgan fingerprint density at radius 2 is 1.91 bits per heavy atom. The van der Waals surface area contributed by atoms with Crippen molar-refractivity contribution < 1.29 is 14.6 Å². The molecule has 182 valence electrons. The van der Waals surface area contributed by atoms with E-state index in [0.29, 0.717) is 23.1 Å². The number of hydrogen-bond acceptors (Lipinski definition) is 7. The molecule has 4 heterocycles. The average molecular weight is 475 g/mol. The van der Waals surface area contributed by atoms with Crippen LogP contribution in [0.15, 0.2) is 48.8 Å². The molecule has 2 N–H and O–H groups in total. The predicted octanol–water partition coefficient (Wildman–Crippen LogP) is 4.00. The Hall–Kier alpha value is -3.98. The van der Waals surface area contributed by atoms with Crippen LogP contribution in [0.2, 0.25) is 0 Å². The second-order valence-corrected chi connectivity index (χ2v) is 9.48. The zero-order valence-electron chi connectivity index (χ0n) is 20.8. The summed E-state index contributed by atoms with van der Waals surface area (Å²) in [5.74, 6) is 1.59. The molecule has 0 aromatic carbocycles. The van der Waals surface area contributed by atoms with Crippen molar-refractivity contribution in [3.63, 3.8) is 0 Å². The lowest BCUT2D eigenvalue weighted by molar-refractivity contribution is 0.0286. The van der Waals surface area contributed by atoms with E-state index in [1.807, 2.05) is 50.4 Å². The third-order valence-corrected chi connectivity index (χ3v) is 5.21. The van der Waals surface area contributed by atoms with Crippen molar-refractivity contribution >= 4 is 23.1 Å². The lowest BCUT2D eigenvalue weighted by Crippen LogP contribution is -2.28. The van der Waals surface area contributed by atoms with Gasteiger partial charge in [0.1, 0.15) is 23.9 Å². The second-order valence-electron chi connectivity index (χ2n) is 9.48. The molecule has 0 bridgehead atoms. The quantitative estimate of drug-likeness (QED) is 0.417. The number of aryl methyl sites for hydroxylation is 2. The Morgan fingerprint density at radius 3 is 2.63 bits per heavy atom. The minimum atomic E-state index is -0.959. The van der Waals surface area contributed by atoms with Gasteiger partial charge in [-0.3, -0.25) is 9.78 Å². The maximum absolute atomic E-state index is 12.4. The Balaban J connectivity index is 1.64. The van der Waals surface area contributed by atoms with Gasteiger partial charge >= 0.3 is 0 Å². The molecule has 1 amide bonds. The van der Waals surface area contributed by atoms with Gasteiger partial charge < -0.3 is 20.1 Å². The fourth-order valence-electron chi connectivity index (χ4n) is 3.57. The summed E-state index contributed by atoms with van der Waals surface area (Å²) in [6.07, 6.45) is 3.55. The number of hydrogen-bond donors (Lipinski definition) is 2. The van der Waals surface area contributed by atoms with Gasteiger partial charge in [0.2, 0.25) is 0 Å². The van der Waals surface area contributed by atoms with Crippen molar-refractivity contribution in [1.29, 1.82) is 0 Å². The van der Waals surface area contributed by atoms with Crippen LogP contribution in [-0.4, -0.2) is 61.8 Å². The largest absolute Gasteiger partial charge is 0.488 e. The normalized spacial score (nSPS) is 11.5. The summed E-state index contributed by atoms with van der Waals surface area (Å²) >= 11 is 0. The number of ether oxygens (including phenoxy) is 1. The Morgan fingerprint density at radius 1 is 1.14 bits per heavy atom. The zero-order chi connectivity index (χ0) is 25.3. The number of aliphatic hydroxyl groups is 1. The summed E-state index contributed by atoms with van der Waals surface area (Å²) in [6.45, 7) is 7.39. The van der Waals surface area contributed by atoms with E-state index in [1.54, 1.807) is 44.7 Å².